The zero-order valence-electron chi connectivity index (χ0n) is 22.5. The topological polar surface area (TPSA) is 156 Å². The number of nitrogens with two attached hydrogens (primary N) is 1. The smallest absolute Gasteiger partial charge is 0.296 e. The molecule has 1 aliphatic carbocycles. The lowest BCUT2D eigenvalue weighted by molar-refractivity contribution is 0.0950. The van der Waals surface area contributed by atoms with Crippen molar-refractivity contribution in [2.24, 2.45) is 0 Å². The number of hydrogen-bond acceptors (Lipinski definition) is 7. The van der Waals surface area contributed by atoms with Crippen LogP contribution in [0.2, 0.25) is 0 Å². The average molecular weight is 570 g/mol. The molecule has 0 saturated heterocycles. The number of anilines is 3. The van der Waals surface area contributed by atoms with Gasteiger partial charge in [-0.1, -0.05) is 48.5 Å². The number of nitrogens with one attached hydrogen (secondary N) is 2. The highest BCUT2D eigenvalue weighted by Gasteiger charge is 2.36. The van der Waals surface area contributed by atoms with E-state index in [-0.39, 0.29) is 40.4 Å². The van der Waals surface area contributed by atoms with E-state index in [1.54, 1.807) is 36.4 Å². The summed E-state index contributed by atoms with van der Waals surface area (Å²) in [6, 6.07) is 18.0. The Balaban J connectivity index is 1.63. The zero-order chi connectivity index (χ0) is 29.6. The SMILES string of the molecule is Cc1cc(C)c(Nc2cc(S(=O)(=O)O)c(N)c3c2C(=O)c2ccccc2C3=O)c(C)c1CNC(=O)c1ccccc1. The van der Waals surface area contributed by atoms with Crippen LogP contribution in [0.15, 0.2) is 71.6 Å². The van der Waals surface area contributed by atoms with Gasteiger partial charge in [-0.2, -0.15) is 8.42 Å². The highest BCUT2D eigenvalue weighted by molar-refractivity contribution is 7.86. The van der Waals surface area contributed by atoms with Crippen LogP contribution in [0, 0.1) is 20.8 Å². The van der Waals surface area contributed by atoms with E-state index in [9.17, 15) is 27.4 Å². The van der Waals surface area contributed by atoms with Crippen LogP contribution in [0.1, 0.15) is 64.5 Å². The van der Waals surface area contributed by atoms with Gasteiger partial charge in [0.15, 0.2) is 11.6 Å². The summed E-state index contributed by atoms with van der Waals surface area (Å²) >= 11 is 0. The third-order valence-electron chi connectivity index (χ3n) is 7.33. The monoisotopic (exact) mass is 569 g/mol. The van der Waals surface area contributed by atoms with Gasteiger partial charge >= 0.3 is 0 Å². The molecule has 0 atom stereocenters. The van der Waals surface area contributed by atoms with Crippen LogP contribution in [-0.4, -0.2) is 30.4 Å². The second-order valence-corrected chi connectivity index (χ2v) is 11.3. The minimum absolute atomic E-state index is 0.00371. The molecular formula is C31H27N3O6S. The first kappa shape index (κ1) is 27.8. The third-order valence-corrected chi connectivity index (χ3v) is 8.22. The maximum Gasteiger partial charge on any atom is 0.296 e. The predicted molar refractivity (Wildman–Crippen MR) is 156 cm³/mol. The Morgan fingerprint density at radius 3 is 2.05 bits per heavy atom. The van der Waals surface area contributed by atoms with Gasteiger partial charge in [0.1, 0.15) is 4.90 Å². The summed E-state index contributed by atoms with van der Waals surface area (Å²) in [6.07, 6.45) is 0. The summed E-state index contributed by atoms with van der Waals surface area (Å²) in [7, 11) is -4.86. The molecule has 5 N–H and O–H groups in total. The van der Waals surface area contributed by atoms with Gasteiger partial charge in [0, 0.05) is 28.9 Å². The molecule has 0 aromatic heterocycles. The average Bonchev–Trinajstić information content (AvgIpc) is 2.94. The van der Waals surface area contributed by atoms with E-state index >= 15 is 0 Å². The summed E-state index contributed by atoms with van der Waals surface area (Å²) in [5, 5.41) is 6.08. The predicted octanol–water partition coefficient (Wildman–Crippen LogP) is 4.89. The summed E-state index contributed by atoms with van der Waals surface area (Å²) in [4.78, 5) is 39.2. The van der Waals surface area contributed by atoms with E-state index in [0.29, 0.717) is 11.3 Å². The van der Waals surface area contributed by atoms with Crippen LogP contribution in [0.4, 0.5) is 17.1 Å². The lowest BCUT2D eigenvalue weighted by Gasteiger charge is -2.25. The molecule has 9 nitrogen and oxygen atoms in total. The van der Waals surface area contributed by atoms with Gasteiger partial charge in [-0.15, -0.1) is 0 Å². The molecule has 41 heavy (non-hydrogen) atoms. The summed E-state index contributed by atoms with van der Waals surface area (Å²) in [5.41, 5.74) is 9.79. The quantitative estimate of drug-likeness (QED) is 0.166. The summed E-state index contributed by atoms with van der Waals surface area (Å²) < 4.78 is 34.5. The number of fused-ring (bicyclic) bond motifs is 2. The summed E-state index contributed by atoms with van der Waals surface area (Å²) in [5.74, 6) is -1.38. The molecule has 0 heterocycles. The summed E-state index contributed by atoms with van der Waals surface area (Å²) in [6.45, 7) is 5.79. The number of ketones is 2. The lowest BCUT2D eigenvalue weighted by atomic mass is 9.82. The number of carbonyl (C=O) groups excluding carboxylic acids is 3. The van der Waals surface area contributed by atoms with Crippen molar-refractivity contribution in [1.82, 2.24) is 5.32 Å². The largest absolute Gasteiger partial charge is 0.397 e. The lowest BCUT2D eigenvalue weighted by Crippen LogP contribution is -2.25. The van der Waals surface area contributed by atoms with Crippen molar-refractivity contribution in [3.63, 3.8) is 0 Å². The number of benzene rings is 4. The van der Waals surface area contributed by atoms with Crippen molar-refractivity contribution < 1.29 is 27.4 Å². The number of carbonyl (C=O) groups is 3. The van der Waals surface area contributed by atoms with Crippen LogP contribution >= 0.6 is 0 Å². The molecule has 0 fully saturated rings. The molecular weight excluding hydrogens is 542 g/mol. The van der Waals surface area contributed by atoms with Gasteiger partial charge in [0.2, 0.25) is 0 Å². The fourth-order valence-electron chi connectivity index (χ4n) is 5.29. The minimum atomic E-state index is -4.86. The second-order valence-electron chi connectivity index (χ2n) is 9.93. The van der Waals surface area contributed by atoms with Crippen molar-refractivity contribution in [2.45, 2.75) is 32.2 Å². The number of aryl methyl sites for hydroxylation is 2. The Hall–Kier alpha value is -4.80. The molecule has 10 heteroatoms. The molecule has 0 aliphatic heterocycles. The zero-order valence-corrected chi connectivity index (χ0v) is 23.3. The van der Waals surface area contributed by atoms with Gasteiger partial charge in [0.05, 0.1) is 22.5 Å². The first-order valence-electron chi connectivity index (χ1n) is 12.7. The highest BCUT2D eigenvalue weighted by Crippen LogP contribution is 2.41. The van der Waals surface area contributed by atoms with Crippen LogP contribution in [0.5, 0.6) is 0 Å². The van der Waals surface area contributed by atoms with Crippen molar-refractivity contribution >= 4 is 44.7 Å². The standard InChI is InChI=1S/C31H27N3O6S/c1-16-13-17(2)28(18(3)22(16)15-33-31(37)19-9-5-4-6-10-19)34-23-14-24(41(38,39)40)27(32)26-25(23)29(35)20-11-7-8-12-21(20)30(26)36/h4-14,34H,15,32H2,1-3H3,(H,33,37)(H,38,39,40). The Morgan fingerprint density at radius 2 is 1.44 bits per heavy atom. The highest BCUT2D eigenvalue weighted by atomic mass is 32.2. The molecule has 4 aromatic carbocycles. The van der Waals surface area contributed by atoms with Crippen LogP contribution in [0.3, 0.4) is 0 Å². The maximum atomic E-state index is 13.7. The molecule has 0 radical (unpaired) electrons. The van der Waals surface area contributed by atoms with Crippen molar-refractivity contribution in [3.8, 4) is 0 Å². The van der Waals surface area contributed by atoms with E-state index < -0.39 is 32.3 Å². The molecule has 5 rings (SSSR count). The molecule has 0 bridgehead atoms. The van der Waals surface area contributed by atoms with E-state index in [1.165, 1.54) is 12.1 Å². The van der Waals surface area contributed by atoms with Crippen LogP contribution < -0.4 is 16.4 Å². The Kier molecular flexibility index (Phi) is 6.98. The van der Waals surface area contributed by atoms with Crippen molar-refractivity contribution in [1.29, 1.82) is 0 Å². The molecule has 0 unspecified atom stereocenters. The Labute approximate surface area is 237 Å². The maximum absolute atomic E-state index is 13.7. The van der Waals surface area contributed by atoms with Crippen molar-refractivity contribution in [2.75, 3.05) is 11.1 Å². The van der Waals surface area contributed by atoms with Crippen LogP contribution in [0.25, 0.3) is 0 Å². The van der Waals surface area contributed by atoms with E-state index in [1.807, 2.05) is 32.9 Å². The first-order chi connectivity index (χ1) is 19.4. The fraction of sp³-hybridized carbons (Fsp3) is 0.129. The van der Waals surface area contributed by atoms with Crippen LogP contribution in [-0.2, 0) is 16.7 Å². The third kappa shape index (κ3) is 4.88. The molecule has 0 saturated carbocycles. The van der Waals surface area contributed by atoms with Gasteiger partial charge in [-0.25, -0.2) is 0 Å². The number of amides is 1. The normalized spacial score (nSPS) is 12.5. The Bertz CT molecular complexity index is 1880. The van der Waals surface area contributed by atoms with E-state index in [2.05, 4.69) is 10.6 Å². The van der Waals surface area contributed by atoms with Gasteiger partial charge in [0.25, 0.3) is 16.0 Å². The van der Waals surface area contributed by atoms with Crippen molar-refractivity contribution in [3.05, 3.63) is 117 Å². The number of nitrogen functional groups attached to an aromatic ring is 1. The molecule has 208 valence electrons. The number of rotatable bonds is 6. The van der Waals surface area contributed by atoms with Gasteiger partial charge in [-0.3, -0.25) is 18.9 Å². The van der Waals surface area contributed by atoms with E-state index in [0.717, 1.165) is 28.3 Å². The van der Waals surface area contributed by atoms with E-state index in [4.69, 9.17) is 5.73 Å². The minimum Gasteiger partial charge on any atom is -0.397 e. The number of hydrogen-bond donors (Lipinski definition) is 4. The first-order valence-corrected chi connectivity index (χ1v) is 14.2. The molecule has 1 aliphatic rings. The van der Waals surface area contributed by atoms with Gasteiger partial charge < -0.3 is 16.4 Å². The molecule has 0 spiro atoms. The Morgan fingerprint density at radius 1 is 0.854 bits per heavy atom. The molecule has 4 aromatic rings. The van der Waals surface area contributed by atoms with Gasteiger partial charge in [-0.05, 0) is 61.2 Å². The second kappa shape index (κ2) is 10.3. The molecule has 1 amide bonds. The fourth-order valence-corrected chi connectivity index (χ4v) is 5.94.